The normalized spacial score (nSPS) is 19.2. The average Bonchev–Trinajstić information content (AvgIpc) is 3.43. The van der Waals surface area contributed by atoms with E-state index in [1.807, 2.05) is 18.2 Å². The molecular formula is C27H26FN3O3. The van der Waals surface area contributed by atoms with Crippen molar-refractivity contribution in [1.82, 2.24) is 10.2 Å². The van der Waals surface area contributed by atoms with Gasteiger partial charge < -0.3 is 20.0 Å². The molecule has 7 heteroatoms. The number of benzene rings is 2. The first-order chi connectivity index (χ1) is 16.5. The van der Waals surface area contributed by atoms with Crippen LogP contribution in [0.4, 0.5) is 10.1 Å². The number of likely N-dealkylation sites (tertiary alicyclic amines) is 1. The fourth-order valence-corrected chi connectivity index (χ4v) is 4.58. The van der Waals surface area contributed by atoms with Crippen LogP contribution in [0, 0.1) is 5.82 Å². The lowest BCUT2D eigenvalue weighted by Gasteiger charge is -2.32. The number of hydrogen-bond donors (Lipinski definition) is 2. The second-order valence-electron chi connectivity index (χ2n) is 8.86. The predicted molar refractivity (Wildman–Crippen MR) is 130 cm³/mol. The van der Waals surface area contributed by atoms with E-state index >= 15 is 0 Å². The molecule has 2 N–H and O–H groups in total. The van der Waals surface area contributed by atoms with E-state index in [9.17, 15) is 14.0 Å². The van der Waals surface area contributed by atoms with Crippen LogP contribution in [0.3, 0.4) is 0 Å². The number of anilines is 1. The number of hydrogen-bond acceptors (Lipinski definition) is 4. The maximum atomic E-state index is 13.7. The van der Waals surface area contributed by atoms with Crippen molar-refractivity contribution in [2.24, 2.45) is 0 Å². The number of nitrogens with zero attached hydrogens (tertiary/aromatic N) is 1. The van der Waals surface area contributed by atoms with Crippen LogP contribution in [-0.2, 0) is 4.79 Å². The van der Waals surface area contributed by atoms with Gasteiger partial charge in [-0.3, -0.25) is 9.59 Å². The van der Waals surface area contributed by atoms with Crippen LogP contribution in [0.2, 0.25) is 0 Å². The van der Waals surface area contributed by atoms with Crippen molar-refractivity contribution in [3.8, 4) is 11.1 Å². The molecule has 1 saturated heterocycles. The van der Waals surface area contributed by atoms with Gasteiger partial charge in [-0.25, -0.2) is 4.39 Å². The molecule has 2 amide bonds. The Bertz CT molecular complexity index is 1280. The standard InChI is InChI=1S/C27H26FN3O3/c1-31-10-3-2-7-21(31)15-29-26(32)18-6-4-5-17(11-18)19-12-22(34-16-19)14-24-23-13-20(28)8-9-25(23)30-27(24)33/h4-6,8-9,11-14,16,21H,2-3,7,10,15H2,1H3,(H,29,32)(H,30,33). The highest BCUT2D eigenvalue weighted by molar-refractivity contribution is 6.34. The van der Waals surface area contributed by atoms with Gasteiger partial charge in [-0.05, 0) is 74.5 Å². The Morgan fingerprint density at radius 3 is 2.94 bits per heavy atom. The lowest BCUT2D eigenvalue weighted by molar-refractivity contribution is -0.110. The lowest BCUT2D eigenvalue weighted by Crippen LogP contribution is -2.44. The highest BCUT2D eigenvalue weighted by Gasteiger charge is 2.25. The molecule has 1 atom stereocenters. The van der Waals surface area contributed by atoms with Crippen LogP contribution >= 0.6 is 0 Å². The fraction of sp³-hybridized carbons (Fsp3) is 0.259. The third-order valence-corrected chi connectivity index (χ3v) is 6.55. The number of fused-ring (bicyclic) bond motifs is 1. The second-order valence-corrected chi connectivity index (χ2v) is 8.86. The minimum Gasteiger partial charge on any atom is -0.464 e. The van der Waals surface area contributed by atoms with E-state index in [4.69, 9.17) is 4.42 Å². The molecule has 2 aliphatic rings. The minimum atomic E-state index is -0.411. The summed E-state index contributed by atoms with van der Waals surface area (Å²) in [5.41, 5.74) is 3.62. The predicted octanol–water partition coefficient (Wildman–Crippen LogP) is 4.79. The highest BCUT2D eigenvalue weighted by Crippen LogP contribution is 2.34. The summed E-state index contributed by atoms with van der Waals surface area (Å²) in [5.74, 6) is -0.354. The van der Waals surface area contributed by atoms with Gasteiger partial charge in [0.2, 0.25) is 0 Å². The third kappa shape index (κ3) is 4.52. The molecule has 1 fully saturated rings. The van der Waals surface area contributed by atoms with Gasteiger partial charge in [-0.2, -0.15) is 0 Å². The van der Waals surface area contributed by atoms with Crippen molar-refractivity contribution in [1.29, 1.82) is 0 Å². The van der Waals surface area contributed by atoms with E-state index in [2.05, 4.69) is 22.6 Å². The van der Waals surface area contributed by atoms with Gasteiger partial charge in [-0.1, -0.05) is 18.6 Å². The minimum absolute atomic E-state index is 0.104. The SMILES string of the molecule is CN1CCCCC1CNC(=O)c1cccc(-c2coc(C=C3C(=O)Nc4ccc(F)cc43)c2)c1. The first kappa shape index (κ1) is 22.1. The van der Waals surface area contributed by atoms with Gasteiger partial charge >= 0.3 is 0 Å². The van der Waals surface area contributed by atoms with Gasteiger partial charge in [0, 0.05) is 35.0 Å². The van der Waals surface area contributed by atoms with Crippen molar-refractivity contribution < 1.29 is 18.4 Å². The quantitative estimate of drug-likeness (QED) is 0.538. The summed E-state index contributed by atoms with van der Waals surface area (Å²) in [5, 5.41) is 5.79. The zero-order valence-electron chi connectivity index (χ0n) is 18.9. The monoisotopic (exact) mass is 459 g/mol. The van der Waals surface area contributed by atoms with Crippen LogP contribution in [0.1, 0.15) is 40.9 Å². The number of nitrogens with one attached hydrogen (secondary N) is 2. The Balaban J connectivity index is 1.32. The van der Waals surface area contributed by atoms with Gasteiger partial charge in [-0.15, -0.1) is 0 Å². The topological polar surface area (TPSA) is 74.6 Å². The fourth-order valence-electron chi connectivity index (χ4n) is 4.58. The smallest absolute Gasteiger partial charge is 0.256 e. The maximum absolute atomic E-state index is 13.7. The summed E-state index contributed by atoms with van der Waals surface area (Å²) in [6, 6.07) is 13.7. The molecule has 0 aliphatic carbocycles. The van der Waals surface area contributed by atoms with Crippen molar-refractivity contribution in [2.75, 3.05) is 25.5 Å². The Morgan fingerprint density at radius 1 is 1.21 bits per heavy atom. The number of amides is 2. The summed E-state index contributed by atoms with van der Waals surface area (Å²) >= 11 is 0. The average molecular weight is 460 g/mol. The van der Waals surface area contributed by atoms with Gasteiger partial charge in [0.1, 0.15) is 11.6 Å². The van der Waals surface area contributed by atoms with Crippen molar-refractivity contribution in [3.05, 3.63) is 77.5 Å². The summed E-state index contributed by atoms with van der Waals surface area (Å²) in [6.07, 6.45) is 6.68. The van der Waals surface area contributed by atoms with E-state index in [1.54, 1.807) is 30.5 Å². The van der Waals surface area contributed by atoms with Crippen LogP contribution in [0.5, 0.6) is 0 Å². The molecule has 1 aromatic heterocycles. The third-order valence-electron chi connectivity index (χ3n) is 6.55. The number of piperidine rings is 1. The first-order valence-corrected chi connectivity index (χ1v) is 11.5. The van der Waals surface area contributed by atoms with Crippen LogP contribution in [-0.4, -0.2) is 42.9 Å². The Morgan fingerprint density at radius 2 is 2.09 bits per heavy atom. The number of carbonyl (C=O) groups excluding carboxylic acids is 2. The summed E-state index contributed by atoms with van der Waals surface area (Å²) in [4.78, 5) is 27.4. The Kier molecular flexibility index (Phi) is 6.02. The molecule has 34 heavy (non-hydrogen) atoms. The van der Waals surface area contributed by atoms with Gasteiger partial charge in [0.05, 0.1) is 11.8 Å². The largest absolute Gasteiger partial charge is 0.464 e. The molecule has 5 rings (SSSR count). The van der Waals surface area contributed by atoms with E-state index in [1.165, 1.54) is 25.0 Å². The summed E-state index contributed by atoms with van der Waals surface area (Å²) in [6.45, 7) is 1.70. The maximum Gasteiger partial charge on any atom is 0.256 e. The van der Waals surface area contributed by atoms with Crippen molar-refractivity contribution in [2.45, 2.75) is 25.3 Å². The molecular weight excluding hydrogens is 433 g/mol. The Hall–Kier alpha value is -3.71. The summed E-state index contributed by atoms with van der Waals surface area (Å²) < 4.78 is 19.3. The second kappa shape index (κ2) is 9.27. The molecule has 0 bridgehead atoms. The molecule has 0 spiro atoms. The number of rotatable bonds is 5. The lowest BCUT2D eigenvalue weighted by atomic mass is 10.0. The van der Waals surface area contributed by atoms with Crippen LogP contribution in [0.15, 0.2) is 59.2 Å². The summed E-state index contributed by atoms with van der Waals surface area (Å²) in [7, 11) is 2.10. The molecule has 3 heterocycles. The Labute approximate surface area is 197 Å². The van der Waals surface area contributed by atoms with Gasteiger partial charge in [0.25, 0.3) is 11.8 Å². The molecule has 0 saturated carbocycles. The van der Waals surface area contributed by atoms with Crippen molar-refractivity contribution in [3.63, 3.8) is 0 Å². The van der Waals surface area contributed by atoms with Crippen LogP contribution < -0.4 is 10.6 Å². The van der Waals surface area contributed by atoms with E-state index < -0.39 is 5.82 Å². The molecule has 1 unspecified atom stereocenters. The number of halogens is 1. The molecule has 6 nitrogen and oxygen atoms in total. The van der Waals surface area contributed by atoms with Crippen LogP contribution in [0.25, 0.3) is 22.8 Å². The molecule has 2 aliphatic heterocycles. The molecule has 0 radical (unpaired) electrons. The van der Waals surface area contributed by atoms with Crippen molar-refractivity contribution >= 4 is 29.2 Å². The number of carbonyl (C=O) groups is 2. The van der Waals surface area contributed by atoms with E-state index in [-0.39, 0.29) is 11.8 Å². The molecule has 3 aromatic rings. The molecule has 2 aromatic carbocycles. The molecule has 174 valence electrons. The number of furan rings is 1. The van der Waals surface area contributed by atoms with E-state index in [0.717, 1.165) is 24.1 Å². The zero-order valence-corrected chi connectivity index (χ0v) is 18.9. The first-order valence-electron chi connectivity index (χ1n) is 11.5. The van der Waals surface area contributed by atoms with Gasteiger partial charge in [0.15, 0.2) is 0 Å². The van der Waals surface area contributed by atoms with E-state index in [0.29, 0.717) is 40.7 Å². The number of likely N-dealkylation sites (N-methyl/N-ethyl adjacent to an activating group) is 1. The highest BCUT2D eigenvalue weighted by atomic mass is 19.1. The zero-order chi connectivity index (χ0) is 23.7.